The van der Waals surface area contributed by atoms with Gasteiger partial charge in [0.05, 0.1) is 13.7 Å². The molecule has 1 unspecified atom stereocenters. The zero-order valence-corrected chi connectivity index (χ0v) is 14.7. The van der Waals surface area contributed by atoms with E-state index in [1.165, 1.54) is 12.8 Å². The number of benzene rings is 1. The van der Waals surface area contributed by atoms with Gasteiger partial charge in [0, 0.05) is 12.1 Å². The fourth-order valence-electron chi connectivity index (χ4n) is 2.30. The van der Waals surface area contributed by atoms with E-state index in [-0.39, 0.29) is 11.9 Å². The predicted molar refractivity (Wildman–Crippen MR) is 94.9 cm³/mol. The molecule has 0 spiro atoms. The first kappa shape index (κ1) is 19.1. The minimum atomic E-state index is -0.0669. The van der Waals surface area contributed by atoms with Gasteiger partial charge in [0.2, 0.25) is 5.91 Å². The summed E-state index contributed by atoms with van der Waals surface area (Å²) in [6.07, 6.45) is 7.93. The van der Waals surface area contributed by atoms with Crippen LogP contribution in [0.4, 0.5) is 0 Å². The van der Waals surface area contributed by atoms with Crippen LogP contribution in [0.2, 0.25) is 0 Å². The first-order valence-electron chi connectivity index (χ1n) is 8.40. The van der Waals surface area contributed by atoms with Crippen molar-refractivity contribution in [2.75, 3.05) is 13.7 Å². The van der Waals surface area contributed by atoms with Crippen molar-refractivity contribution in [3.8, 4) is 11.5 Å². The summed E-state index contributed by atoms with van der Waals surface area (Å²) >= 11 is 0. The Morgan fingerprint density at radius 2 is 2.04 bits per heavy atom. The molecule has 0 saturated carbocycles. The van der Waals surface area contributed by atoms with Gasteiger partial charge in [-0.1, -0.05) is 32.3 Å². The molecule has 1 rings (SSSR count). The zero-order chi connectivity index (χ0) is 17.1. The van der Waals surface area contributed by atoms with Crippen molar-refractivity contribution in [3.05, 3.63) is 29.8 Å². The fourth-order valence-corrected chi connectivity index (χ4v) is 2.30. The Balaban J connectivity index is 2.58. The summed E-state index contributed by atoms with van der Waals surface area (Å²) in [5, 5.41) is 2.99. The second-order valence-electron chi connectivity index (χ2n) is 5.58. The summed E-state index contributed by atoms with van der Waals surface area (Å²) in [5.41, 5.74) is 0.906. The zero-order valence-electron chi connectivity index (χ0n) is 14.7. The van der Waals surface area contributed by atoms with E-state index in [1.54, 1.807) is 19.3 Å². The molecule has 1 aromatic carbocycles. The maximum Gasteiger partial charge on any atom is 0.244 e. The molecule has 0 aromatic heterocycles. The largest absolute Gasteiger partial charge is 0.493 e. The Bertz CT molecular complexity index is 511. The highest BCUT2D eigenvalue weighted by Gasteiger charge is 2.06. The van der Waals surface area contributed by atoms with Crippen LogP contribution >= 0.6 is 0 Å². The Labute approximate surface area is 139 Å². The van der Waals surface area contributed by atoms with E-state index in [1.807, 2.05) is 32.0 Å². The highest BCUT2D eigenvalue weighted by atomic mass is 16.5. The summed E-state index contributed by atoms with van der Waals surface area (Å²) in [6, 6.07) is 5.82. The van der Waals surface area contributed by atoms with Crippen molar-refractivity contribution in [2.45, 2.75) is 52.5 Å². The molecule has 4 nitrogen and oxygen atoms in total. The summed E-state index contributed by atoms with van der Waals surface area (Å²) in [7, 11) is 1.61. The van der Waals surface area contributed by atoms with Crippen LogP contribution in [0.15, 0.2) is 24.3 Å². The van der Waals surface area contributed by atoms with Gasteiger partial charge in [-0.05, 0) is 44.0 Å². The van der Waals surface area contributed by atoms with E-state index in [4.69, 9.17) is 9.47 Å². The lowest BCUT2D eigenvalue weighted by atomic mass is 10.1. The van der Waals surface area contributed by atoms with Gasteiger partial charge in [0.25, 0.3) is 0 Å². The summed E-state index contributed by atoms with van der Waals surface area (Å²) in [4.78, 5) is 11.9. The van der Waals surface area contributed by atoms with Crippen molar-refractivity contribution in [1.29, 1.82) is 0 Å². The molecule has 0 aliphatic rings. The van der Waals surface area contributed by atoms with Crippen LogP contribution in [-0.2, 0) is 4.79 Å². The molecule has 128 valence electrons. The van der Waals surface area contributed by atoms with E-state index in [9.17, 15) is 4.79 Å². The predicted octanol–water partition coefficient (Wildman–Crippen LogP) is 4.19. The van der Waals surface area contributed by atoms with Gasteiger partial charge in [-0.3, -0.25) is 4.79 Å². The molecule has 1 aromatic rings. The quantitative estimate of drug-likeness (QED) is 0.519. The van der Waals surface area contributed by atoms with Gasteiger partial charge in [-0.2, -0.15) is 0 Å². The Morgan fingerprint density at radius 3 is 2.70 bits per heavy atom. The van der Waals surface area contributed by atoms with E-state index in [0.717, 1.165) is 18.4 Å². The van der Waals surface area contributed by atoms with Gasteiger partial charge >= 0.3 is 0 Å². The summed E-state index contributed by atoms with van der Waals surface area (Å²) < 4.78 is 10.8. The molecule has 1 atom stereocenters. The van der Waals surface area contributed by atoms with E-state index in [2.05, 4.69) is 12.2 Å². The Kier molecular flexibility index (Phi) is 8.88. The molecule has 1 N–H and O–H groups in total. The van der Waals surface area contributed by atoms with Gasteiger partial charge in [0.15, 0.2) is 11.5 Å². The first-order valence-corrected chi connectivity index (χ1v) is 8.40. The molecule has 0 bridgehead atoms. The molecule has 4 heteroatoms. The van der Waals surface area contributed by atoms with Crippen LogP contribution in [0.5, 0.6) is 11.5 Å². The highest BCUT2D eigenvalue weighted by molar-refractivity contribution is 5.91. The highest BCUT2D eigenvalue weighted by Crippen LogP contribution is 2.28. The van der Waals surface area contributed by atoms with Gasteiger partial charge in [-0.25, -0.2) is 0 Å². The van der Waals surface area contributed by atoms with E-state index < -0.39 is 0 Å². The molecule has 0 fully saturated rings. The lowest BCUT2D eigenvalue weighted by Crippen LogP contribution is -2.30. The third-order valence-electron chi connectivity index (χ3n) is 3.54. The number of ether oxygens (including phenoxy) is 2. The van der Waals surface area contributed by atoms with Crippen LogP contribution < -0.4 is 14.8 Å². The van der Waals surface area contributed by atoms with Crippen molar-refractivity contribution in [1.82, 2.24) is 5.32 Å². The number of carbonyl (C=O) groups is 1. The topological polar surface area (TPSA) is 47.6 Å². The SMILES string of the molecule is CCCCCC(C)NC(=O)/C=C/c1ccc(OC)c(OCC)c1. The first-order chi connectivity index (χ1) is 11.1. The average molecular weight is 319 g/mol. The molecular formula is C19H29NO3. The molecule has 0 saturated heterocycles. The summed E-state index contributed by atoms with van der Waals surface area (Å²) in [6.45, 7) is 6.72. The van der Waals surface area contributed by atoms with Crippen LogP contribution in [0.25, 0.3) is 6.08 Å². The standard InChI is InChI=1S/C19H29NO3/c1-5-7-8-9-15(3)20-19(21)13-11-16-10-12-17(22-4)18(14-16)23-6-2/h10-15H,5-9H2,1-4H3,(H,20,21)/b13-11+. The molecule has 23 heavy (non-hydrogen) atoms. The average Bonchev–Trinajstić information content (AvgIpc) is 2.53. The second kappa shape index (κ2) is 10.7. The number of unbranched alkanes of at least 4 members (excludes halogenated alkanes) is 2. The number of rotatable bonds is 10. The van der Waals surface area contributed by atoms with Crippen LogP contribution in [0.1, 0.15) is 52.0 Å². The van der Waals surface area contributed by atoms with Crippen molar-refractivity contribution < 1.29 is 14.3 Å². The van der Waals surface area contributed by atoms with E-state index in [0.29, 0.717) is 18.1 Å². The molecular weight excluding hydrogens is 290 g/mol. The monoisotopic (exact) mass is 319 g/mol. The minimum absolute atomic E-state index is 0.0669. The maximum atomic E-state index is 11.9. The van der Waals surface area contributed by atoms with Crippen LogP contribution in [0, 0.1) is 0 Å². The number of methoxy groups -OCH3 is 1. The molecule has 1 amide bonds. The van der Waals surface area contributed by atoms with Crippen molar-refractivity contribution in [2.24, 2.45) is 0 Å². The van der Waals surface area contributed by atoms with Crippen LogP contribution in [0.3, 0.4) is 0 Å². The number of nitrogens with one attached hydrogen (secondary N) is 1. The minimum Gasteiger partial charge on any atom is -0.493 e. The molecule has 0 aliphatic heterocycles. The number of hydrogen-bond acceptors (Lipinski definition) is 3. The smallest absolute Gasteiger partial charge is 0.244 e. The number of hydrogen-bond donors (Lipinski definition) is 1. The normalized spacial score (nSPS) is 12.2. The molecule has 0 aliphatic carbocycles. The Morgan fingerprint density at radius 1 is 1.26 bits per heavy atom. The second-order valence-corrected chi connectivity index (χ2v) is 5.58. The van der Waals surface area contributed by atoms with Crippen molar-refractivity contribution >= 4 is 12.0 Å². The van der Waals surface area contributed by atoms with Crippen molar-refractivity contribution in [3.63, 3.8) is 0 Å². The molecule has 0 heterocycles. The lowest BCUT2D eigenvalue weighted by molar-refractivity contribution is -0.117. The van der Waals surface area contributed by atoms with E-state index >= 15 is 0 Å². The number of carbonyl (C=O) groups excluding carboxylic acids is 1. The third-order valence-corrected chi connectivity index (χ3v) is 3.54. The Hall–Kier alpha value is -1.97. The molecule has 0 radical (unpaired) electrons. The van der Waals surface area contributed by atoms with Crippen LogP contribution in [-0.4, -0.2) is 25.7 Å². The third kappa shape index (κ3) is 7.22. The lowest BCUT2D eigenvalue weighted by Gasteiger charge is -2.12. The number of amides is 1. The summed E-state index contributed by atoms with van der Waals surface area (Å²) in [5.74, 6) is 1.31. The van der Waals surface area contributed by atoms with Gasteiger partial charge in [0.1, 0.15) is 0 Å². The van der Waals surface area contributed by atoms with Gasteiger partial charge in [-0.15, -0.1) is 0 Å². The van der Waals surface area contributed by atoms with Gasteiger partial charge < -0.3 is 14.8 Å². The fraction of sp³-hybridized carbons (Fsp3) is 0.526. The maximum absolute atomic E-state index is 11.9.